The summed E-state index contributed by atoms with van der Waals surface area (Å²) in [5.74, 6) is 0.466. The van der Waals surface area contributed by atoms with Gasteiger partial charge < -0.3 is 10.5 Å². The van der Waals surface area contributed by atoms with Crippen molar-refractivity contribution in [2.75, 3.05) is 5.73 Å². The van der Waals surface area contributed by atoms with Gasteiger partial charge in [-0.3, -0.25) is 0 Å². The second-order valence-electron chi connectivity index (χ2n) is 5.00. The molecule has 2 N–H and O–H groups in total. The molecule has 1 fully saturated rings. The third-order valence-electron chi connectivity index (χ3n) is 3.49. The minimum Gasteiger partial charge on any atom is -0.459 e. The first-order valence-corrected chi connectivity index (χ1v) is 7.12. The predicted octanol–water partition coefficient (Wildman–Crippen LogP) is 3.77. The molecule has 0 atom stereocenters. The third-order valence-corrected chi connectivity index (χ3v) is 4.37. The zero-order valence-corrected chi connectivity index (χ0v) is 12.1. The van der Waals surface area contributed by atoms with Crippen LogP contribution in [0.5, 0.6) is 0 Å². The first-order chi connectivity index (χ1) is 8.58. The molecule has 0 aliphatic heterocycles. The van der Waals surface area contributed by atoms with E-state index in [4.69, 9.17) is 10.5 Å². The Morgan fingerprint density at radius 1 is 1.33 bits per heavy atom. The highest BCUT2D eigenvalue weighted by molar-refractivity contribution is 9.10. The van der Waals surface area contributed by atoms with E-state index in [2.05, 4.69) is 22.9 Å². The number of anilines is 1. The van der Waals surface area contributed by atoms with Gasteiger partial charge in [0.25, 0.3) is 0 Å². The summed E-state index contributed by atoms with van der Waals surface area (Å²) in [5, 5.41) is 0. The van der Waals surface area contributed by atoms with Crippen LogP contribution in [0.2, 0.25) is 0 Å². The summed E-state index contributed by atoms with van der Waals surface area (Å²) in [6.45, 7) is 2.24. The van der Waals surface area contributed by atoms with Crippen LogP contribution < -0.4 is 5.73 Å². The average Bonchev–Trinajstić information content (AvgIpc) is 2.35. The van der Waals surface area contributed by atoms with Gasteiger partial charge in [-0.2, -0.15) is 0 Å². The van der Waals surface area contributed by atoms with E-state index in [0.29, 0.717) is 15.7 Å². The molecule has 0 unspecified atom stereocenters. The Balaban J connectivity index is 2.01. The van der Waals surface area contributed by atoms with Crippen LogP contribution in [-0.4, -0.2) is 12.1 Å². The highest BCUT2D eigenvalue weighted by Gasteiger charge is 2.23. The molecule has 1 aliphatic carbocycles. The van der Waals surface area contributed by atoms with Crippen molar-refractivity contribution in [3.05, 3.63) is 28.2 Å². The quantitative estimate of drug-likeness (QED) is 0.668. The van der Waals surface area contributed by atoms with Gasteiger partial charge in [-0.1, -0.05) is 13.0 Å². The van der Waals surface area contributed by atoms with Crippen LogP contribution in [0.25, 0.3) is 0 Å². The number of benzene rings is 1. The highest BCUT2D eigenvalue weighted by atomic mass is 79.9. The van der Waals surface area contributed by atoms with Crippen LogP contribution >= 0.6 is 15.9 Å². The fraction of sp³-hybridized carbons (Fsp3) is 0.500. The second-order valence-corrected chi connectivity index (χ2v) is 5.79. The van der Waals surface area contributed by atoms with Gasteiger partial charge >= 0.3 is 5.97 Å². The number of hydrogen-bond donors (Lipinski definition) is 1. The molecular weight excluding hydrogens is 294 g/mol. The van der Waals surface area contributed by atoms with Gasteiger partial charge in [0, 0.05) is 5.69 Å². The summed E-state index contributed by atoms with van der Waals surface area (Å²) in [4.78, 5) is 12.1. The standard InChI is InChI=1S/C14H18BrNO2/c1-9-5-7-10(8-6-9)18-14(17)11-3-2-4-12(16)13(11)15/h2-4,9-10H,5-8,16H2,1H3. The van der Waals surface area contributed by atoms with E-state index in [-0.39, 0.29) is 12.1 Å². The summed E-state index contributed by atoms with van der Waals surface area (Å²) >= 11 is 3.33. The normalized spacial score (nSPS) is 23.7. The van der Waals surface area contributed by atoms with Crippen LogP contribution in [0.3, 0.4) is 0 Å². The lowest BCUT2D eigenvalue weighted by Gasteiger charge is -2.26. The van der Waals surface area contributed by atoms with Gasteiger partial charge in [-0.05, 0) is 59.7 Å². The molecule has 1 aliphatic rings. The molecule has 1 saturated carbocycles. The van der Waals surface area contributed by atoms with E-state index in [0.717, 1.165) is 31.6 Å². The fourth-order valence-electron chi connectivity index (χ4n) is 2.27. The van der Waals surface area contributed by atoms with Gasteiger partial charge in [0.1, 0.15) is 6.10 Å². The molecule has 18 heavy (non-hydrogen) atoms. The molecule has 0 spiro atoms. The number of halogens is 1. The number of carbonyl (C=O) groups excluding carboxylic acids is 1. The van der Waals surface area contributed by atoms with E-state index in [1.165, 1.54) is 0 Å². The lowest BCUT2D eigenvalue weighted by Crippen LogP contribution is -2.23. The third kappa shape index (κ3) is 3.05. The Bertz CT molecular complexity index is 439. The Morgan fingerprint density at radius 2 is 2.00 bits per heavy atom. The van der Waals surface area contributed by atoms with E-state index in [1.54, 1.807) is 18.2 Å². The van der Waals surface area contributed by atoms with Gasteiger partial charge in [0.2, 0.25) is 0 Å². The van der Waals surface area contributed by atoms with Crippen molar-refractivity contribution >= 4 is 27.6 Å². The molecule has 98 valence electrons. The maximum Gasteiger partial charge on any atom is 0.339 e. The van der Waals surface area contributed by atoms with Crippen molar-refractivity contribution < 1.29 is 9.53 Å². The molecule has 1 aromatic rings. The monoisotopic (exact) mass is 311 g/mol. The Labute approximate surface area is 116 Å². The second kappa shape index (κ2) is 5.74. The van der Waals surface area contributed by atoms with Crippen molar-refractivity contribution in [2.24, 2.45) is 5.92 Å². The van der Waals surface area contributed by atoms with Gasteiger partial charge in [-0.15, -0.1) is 0 Å². The van der Waals surface area contributed by atoms with Crippen molar-refractivity contribution in [2.45, 2.75) is 38.7 Å². The van der Waals surface area contributed by atoms with Crippen LogP contribution in [0.4, 0.5) is 5.69 Å². The number of hydrogen-bond acceptors (Lipinski definition) is 3. The largest absolute Gasteiger partial charge is 0.459 e. The molecule has 0 radical (unpaired) electrons. The van der Waals surface area contributed by atoms with Crippen molar-refractivity contribution in [1.82, 2.24) is 0 Å². The SMILES string of the molecule is CC1CCC(OC(=O)c2cccc(N)c2Br)CC1. The number of nitrogens with two attached hydrogens (primary N) is 1. The summed E-state index contributed by atoms with van der Waals surface area (Å²) in [6, 6.07) is 5.25. The average molecular weight is 312 g/mol. The van der Waals surface area contributed by atoms with Crippen LogP contribution in [-0.2, 0) is 4.74 Å². The van der Waals surface area contributed by atoms with Gasteiger partial charge in [0.15, 0.2) is 0 Å². The van der Waals surface area contributed by atoms with Gasteiger partial charge in [0.05, 0.1) is 10.0 Å². The Morgan fingerprint density at radius 3 is 2.67 bits per heavy atom. The maximum absolute atomic E-state index is 12.1. The molecule has 3 nitrogen and oxygen atoms in total. The summed E-state index contributed by atoms with van der Waals surface area (Å²) in [7, 11) is 0. The summed E-state index contributed by atoms with van der Waals surface area (Å²) in [6.07, 6.45) is 4.26. The first kappa shape index (κ1) is 13.4. The maximum atomic E-state index is 12.1. The first-order valence-electron chi connectivity index (χ1n) is 6.33. The number of ether oxygens (including phenoxy) is 1. The van der Waals surface area contributed by atoms with Crippen molar-refractivity contribution in [1.29, 1.82) is 0 Å². The Hall–Kier alpha value is -1.03. The number of carbonyl (C=O) groups is 1. The van der Waals surface area contributed by atoms with Crippen molar-refractivity contribution in [3.63, 3.8) is 0 Å². The molecule has 0 saturated heterocycles. The molecule has 0 bridgehead atoms. The fourth-order valence-corrected chi connectivity index (χ4v) is 2.70. The summed E-state index contributed by atoms with van der Waals surface area (Å²) in [5.41, 5.74) is 6.82. The molecular formula is C14H18BrNO2. The molecule has 0 amide bonds. The molecule has 0 aromatic heterocycles. The van der Waals surface area contributed by atoms with E-state index in [1.807, 2.05) is 0 Å². The lowest BCUT2D eigenvalue weighted by atomic mass is 9.89. The minimum atomic E-state index is -0.284. The lowest BCUT2D eigenvalue weighted by molar-refractivity contribution is 0.0173. The van der Waals surface area contributed by atoms with Crippen molar-refractivity contribution in [3.8, 4) is 0 Å². The Kier molecular flexibility index (Phi) is 4.27. The topological polar surface area (TPSA) is 52.3 Å². The van der Waals surface area contributed by atoms with Crippen LogP contribution in [0.1, 0.15) is 43.0 Å². The van der Waals surface area contributed by atoms with Crippen LogP contribution in [0.15, 0.2) is 22.7 Å². The smallest absolute Gasteiger partial charge is 0.339 e. The number of rotatable bonds is 2. The minimum absolute atomic E-state index is 0.0574. The zero-order valence-electron chi connectivity index (χ0n) is 10.5. The van der Waals surface area contributed by atoms with E-state index in [9.17, 15) is 4.79 Å². The number of nitrogen functional groups attached to an aromatic ring is 1. The van der Waals surface area contributed by atoms with E-state index < -0.39 is 0 Å². The zero-order chi connectivity index (χ0) is 13.1. The highest BCUT2D eigenvalue weighted by Crippen LogP contribution is 2.28. The van der Waals surface area contributed by atoms with E-state index >= 15 is 0 Å². The van der Waals surface area contributed by atoms with Crippen LogP contribution in [0, 0.1) is 5.92 Å². The summed E-state index contributed by atoms with van der Waals surface area (Å²) < 4.78 is 6.16. The number of esters is 1. The molecule has 0 heterocycles. The molecule has 4 heteroatoms. The molecule has 2 rings (SSSR count). The predicted molar refractivity (Wildman–Crippen MR) is 75.4 cm³/mol. The van der Waals surface area contributed by atoms with Gasteiger partial charge in [-0.25, -0.2) is 4.79 Å². The molecule has 1 aromatic carbocycles.